The van der Waals surface area contributed by atoms with Crippen LogP contribution in [0.2, 0.25) is 0 Å². The van der Waals surface area contributed by atoms with E-state index in [1.807, 2.05) is 18.4 Å². The van der Waals surface area contributed by atoms with Crippen LogP contribution in [-0.4, -0.2) is 28.1 Å². The summed E-state index contributed by atoms with van der Waals surface area (Å²) in [7, 11) is 0. The lowest BCUT2D eigenvalue weighted by atomic mass is 10.3. The smallest absolute Gasteiger partial charge is 0.225 e. The Balaban J connectivity index is 1.75. The molecule has 0 aliphatic rings. The van der Waals surface area contributed by atoms with Crippen molar-refractivity contribution >= 4 is 52.1 Å². The van der Waals surface area contributed by atoms with Crippen molar-refractivity contribution in [3.63, 3.8) is 0 Å². The van der Waals surface area contributed by atoms with Crippen LogP contribution in [0.1, 0.15) is 6.42 Å². The van der Waals surface area contributed by atoms with Gasteiger partial charge in [-0.3, -0.25) is 4.79 Å². The number of benzene rings is 1. The Morgan fingerprint density at radius 3 is 2.90 bits per heavy atom. The minimum atomic E-state index is -0.0299. The first-order valence-electron chi connectivity index (χ1n) is 5.83. The highest BCUT2D eigenvalue weighted by molar-refractivity contribution is 8.02. The second kappa shape index (κ2) is 7.51. The molecule has 1 heterocycles. The van der Waals surface area contributed by atoms with Gasteiger partial charge in [-0.15, -0.1) is 10.2 Å². The van der Waals surface area contributed by atoms with Gasteiger partial charge in [0, 0.05) is 23.5 Å². The molecule has 0 unspecified atom stereocenters. The van der Waals surface area contributed by atoms with E-state index in [2.05, 4.69) is 15.5 Å². The van der Waals surface area contributed by atoms with Crippen molar-refractivity contribution in [2.75, 3.05) is 23.1 Å². The van der Waals surface area contributed by atoms with Gasteiger partial charge in [0.2, 0.25) is 5.91 Å². The van der Waals surface area contributed by atoms with Crippen LogP contribution in [-0.2, 0) is 4.79 Å². The number of aromatic nitrogens is 2. The van der Waals surface area contributed by atoms with E-state index < -0.39 is 0 Å². The number of hydrogen-bond acceptors (Lipinski definition) is 7. The molecular weight excluding hydrogens is 312 g/mol. The van der Waals surface area contributed by atoms with Gasteiger partial charge in [-0.05, 0) is 24.5 Å². The Bertz CT molecular complexity index is 588. The molecule has 2 aromatic rings. The molecular formula is C12H14N4OS3. The van der Waals surface area contributed by atoms with Crippen molar-refractivity contribution in [2.45, 2.75) is 15.1 Å². The van der Waals surface area contributed by atoms with E-state index in [4.69, 9.17) is 5.73 Å². The minimum Gasteiger partial charge on any atom is -0.399 e. The van der Waals surface area contributed by atoms with E-state index in [9.17, 15) is 4.79 Å². The maximum Gasteiger partial charge on any atom is 0.225 e. The fourth-order valence-electron chi connectivity index (χ4n) is 1.41. The molecule has 0 aliphatic heterocycles. The molecule has 106 valence electrons. The van der Waals surface area contributed by atoms with Crippen LogP contribution in [0.5, 0.6) is 0 Å². The highest BCUT2D eigenvalue weighted by Gasteiger charge is 2.06. The van der Waals surface area contributed by atoms with E-state index in [1.54, 1.807) is 47.0 Å². The first kappa shape index (κ1) is 15.1. The molecule has 0 spiro atoms. The molecule has 0 fully saturated rings. The second-order valence-corrected chi connectivity index (χ2v) is 7.18. The Morgan fingerprint density at radius 1 is 1.40 bits per heavy atom. The van der Waals surface area contributed by atoms with Gasteiger partial charge >= 0.3 is 0 Å². The lowest BCUT2D eigenvalue weighted by molar-refractivity contribution is -0.115. The van der Waals surface area contributed by atoms with Gasteiger partial charge in [0.1, 0.15) is 0 Å². The summed E-state index contributed by atoms with van der Waals surface area (Å²) in [5.41, 5.74) is 7.01. The molecule has 1 aromatic carbocycles. The van der Waals surface area contributed by atoms with Gasteiger partial charge in [0.25, 0.3) is 0 Å². The average Bonchev–Trinajstić information content (AvgIpc) is 2.86. The Kier molecular flexibility index (Phi) is 5.69. The SMILES string of the molecule is CSc1nnc(SCCC(=O)Nc2cccc(N)c2)s1. The quantitative estimate of drug-likeness (QED) is 0.627. The highest BCUT2D eigenvalue weighted by Crippen LogP contribution is 2.27. The molecule has 0 bridgehead atoms. The molecule has 3 N–H and O–H groups in total. The maximum absolute atomic E-state index is 11.8. The van der Waals surface area contributed by atoms with Gasteiger partial charge in [-0.2, -0.15) is 0 Å². The number of hydrogen-bond donors (Lipinski definition) is 2. The lowest BCUT2D eigenvalue weighted by Gasteiger charge is -2.05. The van der Waals surface area contributed by atoms with E-state index in [0.717, 1.165) is 14.4 Å². The van der Waals surface area contributed by atoms with E-state index >= 15 is 0 Å². The number of carbonyl (C=O) groups excluding carboxylic acids is 1. The summed E-state index contributed by atoms with van der Waals surface area (Å²) < 4.78 is 1.84. The molecule has 0 saturated heterocycles. The van der Waals surface area contributed by atoms with Crippen molar-refractivity contribution in [2.24, 2.45) is 0 Å². The third-order valence-corrected chi connectivity index (χ3v) is 5.32. The van der Waals surface area contributed by atoms with Gasteiger partial charge in [-0.1, -0.05) is 40.9 Å². The number of thioether (sulfide) groups is 2. The lowest BCUT2D eigenvalue weighted by Crippen LogP contribution is -2.12. The molecule has 2 rings (SSSR count). The van der Waals surface area contributed by atoms with Crippen molar-refractivity contribution in [1.82, 2.24) is 10.2 Å². The highest BCUT2D eigenvalue weighted by atomic mass is 32.2. The van der Waals surface area contributed by atoms with E-state index in [1.165, 1.54) is 0 Å². The fourth-order valence-corrected chi connectivity index (χ4v) is 3.86. The van der Waals surface area contributed by atoms with Crippen LogP contribution in [0.4, 0.5) is 11.4 Å². The number of nitrogens with one attached hydrogen (secondary N) is 1. The second-order valence-electron chi connectivity index (χ2n) is 3.81. The number of rotatable bonds is 6. The largest absolute Gasteiger partial charge is 0.399 e. The molecule has 0 radical (unpaired) electrons. The van der Waals surface area contributed by atoms with Crippen LogP contribution in [0.25, 0.3) is 0 Å². The zero-order valence-electron chi connectivity index (χ0n) is 10.8. The third-order valence-electron chi connectivity index (χ3n) is 2.29. The molecule has 0 atom stereocenters. The Labute approximate surface area is 129 Å². The summed E-state index contributed by atoms with van der Waals surface area (Å²) in [5, 5.41) is 10.9. The zero-order valence-corrected chi connectivity index (χ0v) is 13.3. The van der Waals surface area contributed by atoms with Crippen LogP contribution in [0.3, 0.4) is 0 Å². The van der Waals surface area contributed by atoms with Gasteiger partial charge in [0.15, 0.2) is 8.68 Å². The molecule has 8 heteroatoms. The van der Waals surface area contributed by atoms with Crippen molar-refractivity contribution < 1.29 is 4.79 Å². The van der Waals surface area contributed by atoms with E-state index in [0.29, 0.717) is 17.9 Å². The van der Waals surface area contributed by atoms with Crippen LogP contribution >= 0.6 is 34.9 Å². The van der Waals surface area contributed by atoms with Crippen LogP contribution < -0.4 is 11.1 Å². The summed E-state index contributed by atoms with van der Waals surface area (Å²) in [5.74, 6) is 0.648. The Hall–Kier alpha value is -1.25. The number of nitrogen functional groups attached to an aromatic ring is 1. The number of anilines is 2. The summed E-state index contributed by atoms with van der Waals surface area (Å²) in [6, 6.07) is 7.15. The summed E-state index contributed by atoms with van der Waals surface area (Å²) in [6.45, 7) is 0. The maximum atomic E-state index is 11.8. The molecule has 5 nitrogen and oxygen atoms in total. The topological polar surface area (TPSA) is 80.9 Å². The molecule has 0 aliphatic carbocycles. The summed E-state index contributed by atoms with van der Waals surface area (Å²) in [4.78, 5) is 11.8. The molecule has 1 amide bonds. The van der Waals surface area contributed by atoms with Gasteiger partial charge in [0.05, 0.1) is 0 Å². The first-order valence-corrected chi connectivity index (χ1v) is 8.86. The van der Waals surface area contributed by atoms with Crippen LogP contribution in [0, 0.1) is 0 Å². The van der Waals surface area contributed by atoms with Crippen molar-refractivity contribution in [1.29, 1.82) is 0 Å². The zero-order chi connectivity index (χ0) is 14.4. The summed E-state index contributed by atoms with van der Waals surface area (Å²) >= 11 is 4.66. The summed E-state index contributed by atoms with van der Waals surface area (Å²) in [6.07, 6.45) is 2.39. The van der Waals surface area contributed by atoms with Crippen molar-refractivity contribution in [3.8, 4) is 0 Å². The third kappa shape index (κ3) is 4.69. The number of nitrogens with zero attached hydrogens (tertiary/aromatic N) is 2. The monoisotopic (exact) mass is 326 g/mol. The molecule has 20 heavy (non-hydrogen) atoms. The fraction of sp³-hybridized carbons (Fsp3) is 0.250. The van der Waals surface area contributed by atoms with Crippen LogP contribution in [0.15, 0.2) is 32.9 Å². The number of amides is 1. The number of carbonyl (C=O) groups is 1. The number of nitrogens with two attached hydrogens (primary N) is 1. The molecule has 1 aromatic heterocycles. The molecule has 0 saturated carbocycles. The normalized spacial score (nSPS) is 10.4. The Morgan fingerprint density at radius 2 is 2.20 bits per heavy atom. The predicted octanol–water partition coefficient (Wildman–Crippen LogP) is 2.96. The predicted molar refractivity (Wildman–Crippen MR) is 86.5 cm³/mol. The average molecular weight is 326 g/mol. The van der Waals surface area contributed by atoms with E-state index in [-0.39, 0.29) is 5.91 Å². The first-order chi connectivity index (χ1) is 9.67. The van der Waals surface area contributed by atoms with Crippen molar-refractivity contribution in [3.05, 3.63) is 24.3 Å². The van der Waals surface area contributed by atoms with Gasteiger partial charge < -0.3 is 11.1 Å². The minimum absolute atomic E-state index is 0.0299. The standard InChI is InChI=1S/C12H14N4OS3/c1-18-11-15-16-12(20-11)19-6-5-10(17)14-9-4-2-3-8(13)7-9/h2-4,7H,5-6,13H2,1H3,(H,14,17). The van der Waals surface area contributed by atoms with Gasteiger partial charge in [-0.25, -0.2) is 0 Å².